The normalized spacial score (nSPS) is 18.2. The Labute approximate surface area is 118 Å². The molecular weight excluding hydrogens is 256 g/mol. The molecule has 1 aliphatic heterocycles. The molecule has 2 amide bonds. The molecule has 1 atom stereocenters. The van der Waals surface area contributed by atoms with Gasteiger partial charge in [0.2, 0.25) is 11.8 Å². The van der Waals surface area contributed by atoms with E-state index in [-0.39, 0.29) is 17.9 Å². The maximum Gasteiger partial charge on any atom is 0.222 e. The van der Waals surface area contributed by atoms with Crippen LogP contribution in [0.25, 0.3) is 0 Å². The van der Waals surface area contributed by atoms with Crippen LogP contribution in [0.2, 0.25) is 0 Å². The first-order valence-corrected chi connectivity index (χ1v) is 6.87. The first kappa shape index (κ1) is 14.4. The highest BCUT2D eigenvalue weighted by Gasteiger charge is 2.20. The van der Waals surface area contributed by atoms with Crippen molar-refractivity contribution in [1.29, 1.82) is 0 Å². The van der Waals surface area contributed by atoms with Gasteiger partial charge in [0, 0.05) is 25.4 Å². The Morgan fingerprint density at radius 2 is 2.25 bits per heavy atom. The van der Waals surface area contributed by atoms with E-state index in [0.29, 0.717) is 25.8 Å². The summed E-state index contributed by atoms with van der Waals surface area (Å²) < 4.78 is 5.26. The van der Waals surface area contributed by atoms with Crippen LogP contribution in [0.5, 0.6) is 5.75 Å². The zero-order valence-electron chi connectivity index (χ0n) is 11.6. The number of hydrogen-bond donors (Lipinski definition) is 2. The minimum Gasteiger partial charge on any atom is -0.496 e. The number of aryl methyl sites for hydroxylation is 1. The average Bonchev–Trinajstić information content (AvgIpc) is 2.45. The number of para-hydroxylation sites is 1. The van der Waals surface area contributed by atoms with Crippen LogP contribution in [0.4, 0.5) is 0 Å². The molecule has 5 nitrogen and oxygen atoms in total. The maximum absolute atomic E-state index is 11.9. The van der Waals surface area contributed by atoms with Crippen molar-refractivity contribution in [3.8, 4) is 5.75 Å². The van der Waals surface area contributed by atoms with Crippen LogP contribution < -0.4 is 15.4 Å². The number of carbonyl (C=O) groups excluding carboxylic acids is 2. The quantitative estimate of drug-likeness (QED) is 0.844. The van der Waals surface area contributed by atoms with Gasteiger partial charge in [0.1, 0.15) is 5.75 Å². The Balaban J connectivity index is 1.81. The Kier molecular flexibility index (Phi) is 4.98. The smallest absolute Gasteiger partial charge is 0.222 e. The lowest BCUT2D eigenvalue weighted by atomic mass is 10.0. The van der Waals surface area contributed by atoms with Crippen LogP contribution in [0, 0.1) is 0 Å². The van der Waals surface area contributed by atoms with Crippen LogP contribution in [-0.2, 0) is 16.0 Å². The molecule has 1 heterocycles. The summed E-state index contributed by atoms with van der Waals surface area (Å²) in [7, 11) is 1.62. The molecule has 1 aromatic carbocycles. The molecule has 0 spiro atoms. The molecule has 1 fully saturated rings. The summed E-state index contributed by atoms with van der Waals surface area (Å²) in [4.78, 5) is 23.1. The van der Waals surface area contributed by atoms with Crippen LogP contribution in [0.15, 0.2) is 24.3 Å². The number of piperidine rings is 1. The monoisotopic (exact) mass is 276 g/mol. The Morgan fingerprint density at radius 3 is 3.00 bits per heavy atom. The van der Waals surface area contributed by atoms with Gasteiger partial charge in [-0.15, -0.1) is 0 Å². The van der Waals surface area contributed by atoms with Crippen LogP contribution in [-0.4, -0.2) is 31.5 Å². The Morgan fingerprint density at radius 1 is 1.45 bits per heavy atom. The molecule has 20 heavy (non-hydrogen) atoms. The largest absolute Gasteiger partial charge is 0.496 e. The third-order valence-corrected chi connectivity index (χ3v) is 3.43. The van der Waals surface area contributed by atoms with E-state index in [2.05, 4.69) is 10.6 Å². The molecule has 0 aliphatic carbocycles. The van der Waals surface area contributed by atoms with Gasteiger partial charge in [-0.25, -0.2) is 0 Å². The van der Waals surface area contributed by atoms with Gasteiger partial charge in [0.15, 0.2) is 0 Å². The molecule has 2 rings (SSSR count). The number of methoxy groups -OCH3 is 1. The van der Waals surface area contributed by atoms with Crippen molar-refractivity contribution in [2.45, 2.75) is 31.7 Å². The summed E-state index contributed by atoms with van der Waals surface area (Å²) in [5, 5.41) is 5.67. The maximum atomic E-state index is 11.9. The predicted octanol–water partition coefficient (Wildman–Crippen LogP) is 1.02. The highest BCUT2D eigenvalue weighted by atomic mass is 16.5. The van der Waals surface area contributed by atoms with Gasteiger partial charge in [0.05, 0.1) is 7.11 Å². The second-order valence-corrected chi connectivity index (χ2v) is 4.92. The summed E-state index contributed by atoms with van der Waals surface area (Å²) in [6, 6.07) is 7.65. The number of amides is 2. The van der Waals surface area contributed by atoms with Crippen molar-refractivity contribution in [3.05, 3.63) is 29.8 Å². The number of nitrogens with one attached hydrogen (secondary N) is 2. The van der Waals surface area contributed by atoms with Gasteiger partial charge in [-0.05, 0) is 24.5 Å². The second kappa shape index (κ2) is 6.93. The molecule has 0 bridgehead atoms. The fourth-order valence-corrected chi connectivity index (χ4v) is 2.36. The molecule has 5 heteroatoms. The first-order valence-electron chi connectivity index (χ1n) is 6.87. The Bertz CT molecular complexity index is 488. The van der Waals surface area contributed by atoms with Crippen molar-refractivity contribution < 1.29 is 14.3 Å². The molecule has 2 N–H and O–H groups in total. The third-order valence-electron chi connectivity index (χ3n) is 3.43. The number of hydrogen-bond acceptors (Lipinski definition) is 3. The summed E-state index contributed by atoms with van der Waals surface area (Å²) >= 11 is 0. The highest BCUT2D eigenvalue weighted by Crippen LogP contribution is 2.18. The molecule has 0 aromatic heterocycles. The van der Waals surface area contributed by atoms with Crippen LogP contribution >= 0.6 is 0 Å². The zero-order valence-corrected chi connectivity index (χ0v) is 11.6. The zero-order chi connectivity index (χ0) is 14.4. The van der Waals surface area contributed by atoms with Crippen LogP contribution in [0.1, 0.15) is 24.8 Å². The first-order chi connectivity index (χ1) is 9.69. The van der Waals surface area contributed by atoms with E-state index in [1.165, 1.54) is 0 Å². The number of rotatable bonds is 5. The van der Waals surface area contributed by atoms with Gasteiger partial charge in [-0.2, -0.15) is 0 Å². The topological polar surface area (TPSA) is 67.4 Å². The number of benzene rings is 1. The van der Waals surface area contributed by atoms with Crippen molar-refractivity contribution in [3.63, 3.8) is 0 Å². The van der Waals surface area contributed by atoms with E-state index in [4.69, 9.17) is 4.74 Å². The van der Waals surface area contributed by atoms with Crippen molar-refractivity contribution >= 4 is 11.8 Å². The molecule has 108 valence electrons. The summed E-state index contributed by atoms with van der Waals surface area (Å²) in [6.07, 6.45) is 2.21. The lowest BCUT2D eigenvalue weighted by Crippen LogP contribution is -2.45. The average molecular weight is 276 g/mol. The van der Waals surface area contributed by atoms with E-state index in [1.807, 2.05) is 24.3 Å². The standard InChI is InChI=1S/C15H20N2O3/c1-20-13-5-3-2-4-11(13)6-7-14(18)17-12-8-9-16-15(19)10-12/h2-5,12H,6-10H2,1H3,(H,16,19)(H,17,18). The van der Waals surface area contributed by atoms with E-state index >= 15 is 0 Å². The summed E-state index contributed by atoms with van der Waals surface area (Å²) in [6.45, 7) is 0.635. The fourth-order valence-electron chi connectivity index (χ4n) is 2.36. The van der Waals surface area contributed by atoms with E-state index in [1.54, 1.807) is 7.11 Å². The third kappa shape index (κ3) is 3.98. The van der Waals surface area contributed by atoms with E-state index < -0.39 is 0 Å². The van der Waals surface area contributed by atoms with E-state index in [0.717, 1.165) is 17.7 Å². The van der Waals surface area contributed by atoms with Crippen molar-refractivity contribution in [2.75, 3.05) is 13.7 Å². The van der Waals surface area contributed by atoms with Crippen molar-refractivity contribution in [2.24, 2.45) is 0 Å². The minimum atomic E-state index is -0.0334. The molecule has 0 radical (unpaired) electrons. The van der Waals surface area contributed by atoms with Gasteiger partial charge in [-0.1, -0.05) is 18.2 Å². The number of ether oxygens (including phenoxy) is 1. The predicted molar refractivity (Wildman–Crippen MR) is 75.5 cm³/mol. The van der Waals surface area contributed by atoms with Crippen molar-refractivity contribution in [1.82, 2.24) is 10.6 Å². The highest BCUT2D eigenvalue weighted by molar-refractivity contribution is 5.80. The molecule has 0 saturated carbocycles. The summed E-state index contributed by atoms with van der Waals surface area (Å²) in [5.74, 6) is 0.791. The van der Waals surface area contributed by atoms with Gasteiger partial charge < -0.3 is 15.4 Å². The second-order valence-electron chi connectivity index (χ2n) is 4.92. The molecule has 1 saturated heterocycles. The minimum absolute atomic E-state index is 0.00581. The summed E-state index contributed by atoms with van der Waals surface area (Å²) in [5.41, 5.74) is 1.02. The molecule has 1 aromatic rings. The molecule has 1 aliphatic rings. The Hall–Kier alpha value is -2.04. The van der Waals surface area contributed by atoms with Gasteiger partial charge in [0.25, 0.3) is 0 Å². The van der Waals surface area contributed by atoms with E-state index in [9.17, 15) is 9.59 Å². The van der Waals surface area contributed by atoms with Gasteiger partial charge >= 0.3 is 0 Å². The fraction of sp³-hybridized carbons (Fsp3) is 0.467. The lowest BCUT2D eigenvalue weighted by molar-refractivity contribution is -0.124. The van der Waals surface area contributed by atoms with Gasteiger partial charge in [-0.3, -0.25) is 9.59 Å². The lowest BCUT2D eigenvalue weighted by Gasteiger charge is -2.23. The molecular formula is C15H20N2O3. The number of carbonyl (C=O) groups is 2. The molecule has 1 unspecified atom stereocenters. The SMILES string of the molecule is COc1ccccc1CCC(=O)NC1CCNC(=O)C1. The van der Waals surface area contributed by atoms with Crippen LogP contribution in [0.3, 0.4) is 0 Å².